The second-order valence-electron chi connectivity index (χ2n) is 8.93. The number of ether oxygens (including phenoxy) is 2. The fourth-order valence-corrected chi connectivity index (χ4v) is 3.61. The van der Waals surface area contributed by atoms with E-state index in [1.807, 2.05) is 43.3 Å². The van der Waals surface area contributed by atoms with Gasteiger partial charge in [-0.3, -0.25) is 4.79 Å². The Morgan fingerprint density at radius 1 is 1.21 bits per heavy atom. The molecule has 0 aliphatic heterocycles. The zero-order chi connectivity index (χ0) is 24.9. The van der Waals surface area contributed by atoms with Gasteiger partial charge in [0.05, 0.1) is 11.7 Å². The van der Waals surface area contributed by atoms with Crippen LogP contribution in [0.1, 0.15) is 39.2 Å². The van der Waals surface area contributed by atoms with Crippen molar-refractivity contribution in [3.05, 3.63) is 69.9 Å². The first kappa shape index (κ1) is 25.5. The number of aliphatic hydroxyl groups excluding tert-OH is 1. The van der Waals surface area contributed by atoms with Crippen LogP contribution < -0.4 is 10.2 Å². The molecule has 0 aliphatic carbocycles. The van der Waals surface area contributed by atoms with Crippen molar-refractivity contribution in [1.29, 1.82) is 0 Å². The molecule has 182 valence electrons. The van der Waals surface area contributed by atoms with Crippen LogP contribution in [0, 0.1) is 0 Å². The van der Waals surface area contributed by atoms with Crippen molar-refractivity contribution < 1.29 is 29.2 Å². The van der Waals surface area contributed by atoms with Gasteiger partial charge in [0.15, 0.2) is 12.2 Å². The van der Waals surface area contributed by atoms with Crippen molar-refractivity contribution in [2.24, 2.45) is 0 Å². The number of hydrogen-bond donors (Lipinski definition) is 3. The number of phenols is 1. The van der Waals surface area contributed by atoms with Crippen LogP contribution in [-0.4, -0.2) is 40.9 Å². The first-order valence-corrected chi connectivity index (χ1v) is 11.2. The maximum Gasteiger partial charge on any atom is 0.197 e. The van der Waals surface area contributed by atoms with E-state index in [1.54, 1.807) is 19.9 Å². The van der Waals surface area contributed by atoms with Gasteiger partial charge in [0, 0.05) is 30.4 Å². The van der Waals surface area contributed by atoms with Crippen molar-refractivity contribution in [1.82, 2.24) is 0 Å². The van der Waals surface area contributed by atoms with Crippen molar-refractivity contribution in [2.75, 3.05) is 13.9 Å². The fourth-order valence-electron chi connectivity index (χ4n) is 3.61. The molecule has 0 bridgehead atoms. The Kier molecular flexibility index (Phi) is 8.15. The summed E-state index contributed by atoms with van der Waals surface area (Å²) in [7, 11) is 1.49. The zero-order valence-electron chi connectivity index (χ0n) is 20.0. The molecule has 3 rings (SSSR count). The number of aliphatic hydroxyl groups is 2. The zero-order valence-corrected chi connectivity index (χ0v) is 20.0. The second-order valence-corrected chi connectivity index (χ2v) is 8.93. The third kappa shape index (κ3) is 6.05. The summed E-state index contributed by atoms with van der Waals surface area (Å²) < 4.78 is 16.7. The molecule has 0 aliphatic rings. The number of methoxy groups -OCH3 is 1. The molecule has 0 unspecified atom stereocenters. The summed E-state index contributed by atoms with van der Waals surface area (Å²) in [6.07, 6.45) is 2.31. The molecule has 0 amide bonds. The predicted octanol–water partition coefficient (Wildman–Crippen LogP) is 4.55. The van der Waals surface area contributed by atoms with Crippen molar-refractivity contribution in [2.45, 2.75) is 51.7 Å². The maximum atomic E-state index is 12.9. The number of allylic oxidation sites excluding steroid dienone is 2. The molecule has 0 fully saturated rings. The van der Waals surface area contributed by atoms with Crippen molar-refractivity contribution >= 4 is 11.0 Å². The van der Waals surface area contributed by atoms with E-state index in [-0.39, 0.29) is 28.9 Å². The second kappa shape index (κ2) is 10.9. The number of hydrogen-bond acceptors (Lipinski definition) is 7. The van der Waals surface area contributed by atoms with Gasteiger partial charge < -0.3 is 29.2 Å². The Balaban J connectivity index is 1.97. The molecule has 0 spiro atoms. The fraction of sp³-hybridized carbons (Fsp3) is 0.370. The highest BCUT2D eigenvalue weighted by molar-refractivity contribution is 5.88. The highest BCUT2D eigenvalue weighted by Gasteiger charge is 2.24. The number of fused-ring (bicyclic) bond motifs is 1. The molecule has 3 N–H and O–H groups in total. The van der Waals surface area contributed by atoms with Gasteiger partial charge in [0.25, 0.3) is 0 Å². The standard InChI is InChI=1S/C27H32O7/c1-17(11-13-24(29)27(2,3)31)10-12-19-22(33-16-32-4)15-23-25(26(19)30)20(28)14-21(34-23)18-8-6-5-7-9-18/h5-10,14-15,24,29-31H,11-13,16H2,1-4H3/b17-10+/t24-/m0/s1. The predicted molar refractivity (Wildman–Crippen MR) is 131 cm³/mol. The van der Waals surface area contributed by atoms with Gasteiger partial charge in [0.2, 0.25) is 0 Å². The molecule has 1 heterocycles. The van der Waals surface area contributed by atoms with E-state index in [4.69, 9.17) is 13.9 Å². The molecule has 7 heteroatoms. The molecular formula is C27H32O7. The quantitative estimate of drug-likeness (QED) is 0.296. The molecule has 1 atom stereocenters. The van der Waals surface area contributed by atoms with E-state index < -0.39 is 11.7 Å². The Labute approximate surface area is 198 Å². The summed E-state index contributed by atoms with van der Waals surface area (Å²) in [6, 6.07) is 12.2. The van der Waals surface area contributed by atoms with Gasteiger partial charge in [-0.15, -0.1) is 0 Å². The van der Waals surface area contributed by atoms with Crippen molar-refractivity contribution in [3.63, 3.8) is 0 Å². The van der Waals surface area contributed by atoms with Crippen LogP contribution in [0.5, 0.6) is 11.5 Å². The van der Waals surface area contributed by atoms with Crippen LogP contribution in [0.15, 0.2) is 63.3 Å². The Morgan fingerprint density at radius 3 is 2.56 bits per heavy atom. The van der Waals surface area contributed by atoms with E-state index in [2.05, 4.69) is 0 Å². The number of aromatic hydroxyl groups is 1. The first-order valence-electron chi connectivity index (χ1n) is 11.2. The molecule has 3 aromatic rings. The van der Waals surface area contributed by atoms with Crippen LogP contribution in [-0.2, 0) is 11.2 Å². The minimum Gasteiger partial charge on any atom is -0.507 e. The monoisotopic (exact) mass is 468 g/mol. The lowest BCUT2D eigenvalue weighted by molar-refractivity contribution is -0.0509. The van der Waals surface area contributed by atoms with Crippen LogP contribution in [0.4, 0.5) is 0 Å². The lowest BCUT2D eigenvalue weighted by Gasteiger charge is -2.24. The van der Waals surface area contributed by atoms with Gasteiger partial charge in [-0.25, -0.2) is 0 Å². The van der Waals surface area contributed by atoms with Gasteiger partial charge in [-0.1, -0.05) is 42.0 Å². The minimum atomic E-state index is -1.18. The smallest absolute Gasteiger partial charge is 0.197 e. The molecule has 0 radical (unpaired) electrons. The summed E-state index contributed by atoms with van der Waals surface area (Å²) in [5.41, 5.74) is 0.832. The summed E-state index contributed by atoms with van der Waals surface area (Å²) in [6.45, 7) is 5.00. The summed E-state index contributed by atoms with van der Waals surface area (Å²) in [4.78, 5) is 12.9. The van der Waals surface area contributed by atoms with Crippen LogP contribution in [0.3, 0.4) is 0 Å². The average Bonchev–Trinajstić information content (AvgIpc) is 2.80. The molecule has 0 saturated carbocycles. The van der Waals surface area contributed by atoms with E-state index in [9.17, 15) is 20.1 Å². The maximum absolute atomic E-state index is 12.9. The summed E-state index contributed by atoms with van der Waals surface area (Å²) >= 11 is 0. The average molecular weight is 469 g/mol. The normalized spacial score (nSPS) is 13.3. The molecule has 1 aromatic heterocycles. The minimum absolute atomic E-state index is 0.0406. The topological polar surface area (TPSA) is 109 Å². The summed E-state index contributed by atoms with van der Waals surface area (Å²) in [5, 5.41) is 31.1. The molecule has 7 nitrogen and oxygen atoms in total. The molecule has 0 saturated heterocycles. The Morgan fingerprint density at radius 2 is 1.91 bits per heavy atom. The third-order valence-electron chi connectivity index (χ3n) is 5.73. The summed E-state index contributed by atoms with van der Waals surface area (Å²) in [5.74, 6) is 0.544. The van der Waals surface area contributed by atoms with E-state index >= 15 is 0 Å². The SMILES string of the molecule is COCOc1cc2oc(-c3ccccc3)cc(=O)c2c(O)c1C/C=C(\C)CC[C@H](O)C(C)(C)O. The van der Waals surface area contributed by atoms with Crippen LogP contribution in [0.2, 0.25) is 0 Å². The van der Waals surface area contributed by atoms with E-state index in [0.29, 0.717) is 36.3 Å². The van der Waals surface area contributed by atoms with Gasteiger partial charge >= 0.3 is 0 Å². The largest absolute Gasteiger partial charge is 0.507 e. The number of benzene rings is 2. The Hall–Kier alpha value is -3.13. The number of rotatable bonds is 10. The first-order chi connectivity index (χ1) is 16.1. The molecular weight excluding hydrogens is 436 g/mol. The van der Waals surface area contributed by atoms with Crippen LogP contribution in [0.25, 0.3) is 22.3 Å². The van der Waals surface area contributed by atoms with Crippen molar-refractivity contribution in [3.8, 4) is 22.8 Å². The third-order valence-corrected chi connectivity index (χ3v) is 5.73. The number of phenolic OH excluding ortho intramolecular Hbond substituents is 1. The highest BCUT2D eigenvalue weighted by Crippen LogP contribution is 2.37. The lowest BCUT2D eigenvalue weighted by Crippen LogP contribution is -2.35. The van der Waals surface area contributed by atoms with E-state index in [1.165, 1.54) is 13.2 Å². The van der Waals surface area contributed by atoms with Gasteiger partial charge in [-0.2, -0.15) is 0 Å². The Bertz CT molecular complexity index is 1200. The molecule has 34 heavy (non-hydrogen) atoms. The van der Waals surface area contributed by atoms with Gasteiger partial charge in [0.1, 0.15) is 28.2 Å². The molecule has 2 aromatic carbocycles. The van der Waals surface area contributed by atoms with Crippen LogP contribution >= 0.6 is 0 Å². The van der Waals surface area contributed by atoms with Gasteiger partial charge in [-0.05, 0) is 40.0 Å². The highest BCUT2D eigenvalue weighted by atomic mass is 16.7. The lowest BCUT2D eigenvalue weighted by atomic mass is 9.95. The van der Waals surface area contributed by atoms with E-state index in [0.717, 1.165) is 11.1 Å².